The minimum Gasteiger partial charge on any atom is -0.485 e. The van der Waals surface area contributed by atoms with Crippen molar-refractivity contribution in [2.75, 3.05) is 6.61 Å². The number of ether oxygens (including phenoxy) is 2. The molecule has 1 amide bonds. The summed E-state index contributed by atoms with van der Waals surface area (Å²) in [5, 5.41) is 11.2. The Kier molecular flexibility index (Phi) is 3.44. The fraction of sp³-hybridized carbons (Fsp3) is 0.471. The van der Waals surface area contributed by atoms with Gasteiger partial charge in [0.25, 0.3) is 5.91 Å². The van der Waals surface area contributed by atoms with Gasteiger partial charge in [0, 0.05) is 6.04 Å². The van der Waals surface area contributed by atoms with Crippen molar-refractivity contribution in [1.29, 1.82) is 0 Å². The average Bonchev–Trinajstić information content (AvgIpc) is 3.35. The van der Waals surface area contributed by atoms with Crippen molar-refractivity contribution >= 4 is 5.91 Å². The van der Waals surface area contributed by atoms with Crippen molar-refractivity contribution in [3.8, 4) is 11.5 Å². The van der Waals surface area contributed by atoms with Crippen LogP contribution in [-0.4, -0.2) is 32.9 Å². The third kappa shape index (κ3) is 2.60. The molecule has 0 unspecified atom stereocenters. The molecule has 1 atom stereocenters. The second kappa shape index (κ2) is 5.51. The van der Waals surface area contributed by atoms with E-state index in [1.165, 1.54) is 0 Å². The molecule has 1 N–H and O–H groups in total. The maximum atomic E-state index is 12.6. The zero-order valence-electron chi connectivity index (χ0n) is 13.8. The molecule has 2 aromatic rings. The van der Waals surface area contributed by atoms with Crippen molar-refractivity contribution in [2.24, 2.45) is 0 Å². The molecule has 7 nitrogen and oxygen atoms in total. The lowest BCUT2D eigenvalue weighted by Gasteiger charge is -2.34. The molecule has 1 aromatic carbocycles. The quantitative estimate of drug-likeness (QED) is 0.925. The lowest BCUT2D eigenvalue weighted by atomic mass is 10.1. The lowest BCUT2D eigenvalue weighted by molar-refractivity contribution is -0.140. The zero-order chi connectivity index (χ0) is 16.7. The second-order valence-corrected chi connectivity index (χ2v) is 6.52. The van der Waals surface area contributed by atoms with Crippen LogP contribution in [0, 0.1) is 6.92 Å². The number of aryl methyl sites for hydroxylation is 1. The number of nitrogens with one attached hydrogen (secondary N) is 1. The van der Waals surface area contributed by atoms with Crippen LogP contribution in [0.4, 0.5) is 0 Å². The van der Waals surface area contributed by atoms with Crippen LogP contribution >= 0.6 is 0 Å². The van der Waals surface area contributed by atoms with Gasteiger partial charge in [-0.05, 0) is 38.8 Å². The third-order valence-electron chi connectivity index (χ3n) is 4.42. The molecule has 7 heteroatoms. The van der Waals surface area contributed by atoms with Crippen molar-refractivity contribution < 1.29 is 14.3 Å². The largest absolute Gasteiger partial charge is 0.485 e. The predicted octanol–water partition coefficient (Wildman–Crippen LogP) is 1.77. The summed E-state index contributed by atoms with van der Waals surface area (Å²) in [5.74, 6) is 2.69. The van der Waals surface area contributed by atoms with Gasteiger partial charge >= 0.3 is 0 Å². The molecule has 1 fully saturated rings. The zero-order valence-corrected chi connectivity index (χ0v) is 13.8. The Morgan fingerprint density at radius 2 is 2.08 bits per heavy atom. The van der Waals surface area contributed by atoms with Crippen molar-refractivity contribution in [1.82, 2.24) is 20.1 Å². The minimum atomic E-state index is -1.06. The standard InChI is InChI=1S/C17H20N4O3/c1-11-19-20-15(21(11)12-7-8-12)9-18-16(22)17(2)10-23-13-5-3-4-6-14(13)24-17/h3-6,12H,7-10H2,1-2H3,(H,18,22)/t17-/m0/s1. The predicted molar refractivity (Wildman–Crippen MR) is 85.8 cm³/mol. The molecule has 1 saturated carbocycles. The molecule has 24 heavy (non-hydrogen) atoms. The van der Waals surface area contributed by atoms with Gasteiger partial charge in [-0.25, -0.2) is 0 Å². The molecule has 0 bridgehead atoms. The molecule has 1 aliphatic carbocycles. The average molecular weight is 328 g/mol. The van der Waals surface area contributed by atoms with Gasteiger partial charge in [0.2, 0.25) is 5.60 Å². The van der Waals surface area contributed by atoms with Crippen LogP contribution in [-0.2, 0) is 11.3 Å². The van der Waals surface area contributed by atoms with Crippen LogP contribution in [0.25, 0.3) is 0 Å². The Morgan fingerprint density at radius 3 is 2.83 bits per heavy atom. The van der Waals surface area contributed by atoms with Crippen molar-refractivity contribution in [3.05, 3.63) is 35.9 Å². The van der Waals surface area contributed by atoms with Gasteiger partial charge < -0.3 is 19.4 Å². The van der Waals surface area contributed by atoms with Crippen LogP contribution in [0.2, 0.25) is 0 Å². The van der Waals surface area contributed by atoms with E-state index < -0.39 is 5.60 Å². The van der Waals surface area contributed by atoms with Crippen LogP contribution in [0.15, 0.2) is 24.3 Å². The number of para-hydroxylation sites is 2. The van der Waals surface area contributed by atoms with E-state index in [9.17, 15) is 4.79 Å². The van der Waals surface area contributed by atoms with E-state index in [0.29, 0.717) is 24.1 Å². The van der Waals surface area contributed by atoms with E-state index >= 15 is 0 Å². The second-order valence-electron chi connectivity index (χ2n) is 6.52. The Hall–Kier alpha value is -2.57. The van der Waals surface area contributed by atoms with E-state index in [1.54, 1.807) is 13.0 Å². The van der Waals surface area contributed by atoms with Gasteiger partial charge in [0.1, 0.15) is 12.4 Å². The highest BCUT2D eigenvalue weighted by atomic mass is 16.6. The summed E-state index contributed by atoms with van der Waals surface area (Å²) in [7, 11) is 0. The van der Waals surface area contributed by atoms with Gasteiger partial charge in [-0.1, -0.05) is 12.1 Å². The smallest absolute Gasteiger partial charge is 0.267 e. The number of rotatable bonds is 4. The fourth-order valence-corrected chi connectivity index (χ4v) is 2.94. The third-order valence-corrected chi connectivity index (χ3v) is 4.42. The maximum absolute atomic E-state index is 12.6. The SMILES string of the molecule is Cc1nnc(CNC(=O)[C@]2(C)COc3ccccc3O2)n1C1CC1. The van der Waals surface area contributed by atoms with Crippen LogP contribution < -0.4 is 14.8 Å². The first-order valence-corrected chi connectivity index (χ1v) is 8.16. The molecule has 0 saturated heterocycles. The molecule has 126 valence electrons. The monoisotopic (exact) mass is 328 g/mol. The summed E-state index contributed by atoms with van der Waals surface area (Å²) >= 11 is 0. The molecule has 1 aromatic heterocycles. The van der Waals surface area contributed by atoms with Crippen molar-refractivity contribution in [2.45, 2.75) is 44.9 Å². The number of nitrogens with zero attached hydrogens (tertiary/aromatic N) is 3. The number of amides is 1. The Morgan fingerprint density at radius 1 is 1.33 bits per heavy atom. The van der Waals surface area contributed by atoms with Gasteiger partial charge in [-0.15, -0.1) is 10.2 Å². The molecular weight excluding hydrogens is 308 g/mol. The molecule has 0 radical (unpaired) electrons. The summed E-state index contributed by atoms with van der Waals surface area (Å²) in [6, 6.07) is 7.83. The molecule has 0 spiro atoms. The molecule has 2 aliphatic rings. The molecule has 1 aliphatic heterocycles. The summed E-state index contributed by atoms with van der Waals surface area (Å²) in [6.45, 7) is 4.17. The van der Waals surface area contributed by atoms with Gasteiger partial charge in [-0.3, -0.25) is 4.79 Å². The van der Waals surface area contributed by atoms with E-state index in [2.05, 4.69) is 20.1 Å². The molecule has 4 rings (SSSR count). The van der Waals surface area contributed by atoms with Gasteiger partial charge in [0.15, 0.2) is 17.3 Å². The highest BCUT2D eigenvalue weighted by Crippen LogP contribution is 2.37. The summed E-state index contributed by atoms with van der Waals surface area (Å²) in [5.41, 5.74) is -1.06. The molecule has 2 heterocycles. The minimum absolute atomic E-state index is 0.171. The van der Waals surface area contributed by atoms with Crippen LogP contribution in [0.3, 0.4) is 0 Å². The number of carbonyl (C=O) groups is 1. The maximum Gasteiger partial charge on any atom is 0.267 e. The summed E-state index contributed by atoms with van der Waals surface area (Å²) in [4.78, 5) is 12.6. The highest BCUT2D eigenvalue weighted by Gasteiger charge is 2.40. The number of carbonyl (C=O) groups excluding carboxylic acids is 1. The topological polar surface area (TPSA) is 78.3 Å². The Labute approximate surface area is 140 Å². The first kappa shape index (κ1) is 15.0. The number of fused-ring (bicyclic) bond motifs is 1. The number of hydrogen-bond acceptors (Lipinski definition) is 5. The number of benzene rings is 1. The van der Waals surface area contributed by atoms with E-state index in [0.717, 1.165) is 24.5 Å². The van der Waals surface area contributed by atoms with E-state index in [1.807, 2.05) is 25.1 Å². The fourth-order valence-electron chi connectivity index (χ4n) is 2.94. The normalized spacial score (nSPS) is 22.2. The summed E-state index contributed by atoms with van der Waals surface area (Å²) in [6.07, 6.45) is 2.29. The Bertz CT molecular complexity index is 784. The highest BCUT2D eigenvalue weighted by molar-refractivity contribution is 5.85. The van der Waals surface area contributed by atoms with Gasteiger partial charge in [-0.2, -0.15) is 0 Å². The number of aromatic nitrogens is 3. The van der Waals surface area contributed by atoms with Crippen LogP contribution in [0.1, 0.15) is 37.5 Å². The van der Waals surface area contributed by atoms with E-state index in [4.69, 9.17) is 9.47 Å². The van der Waals surface area contributed by atoms with Crippen LogP contribution in [0.5, 0.6) is 11.5 Å². The lowest BCUT2D eigenvalue weighted by Crippen LogP contribution is -2.54. The molecular formula is C17H20N4O3. The summed E-state index contributed by atoms with van der Waals surface area (Å²) < 4.78 is 13.7. The Balaban J connectivity index is 1.45. The van der Waals surface area contributed by atoms with Gasteiger partial charge in [0.05, 0.1) is 6.54 Å². The number of hydrogen-bond donors (Lipinski definition) is 1. The first-order chi connectivity index (χ1) is 11.6. The first-order valence-electron chi connectivity index (χ1n) is 8.16. The van der Waals surface area contributed by atoms with E-state index in [-0.39, 0.29) is 12.5 Å². The van der Waals surface area contributed by atoms with Crippen molar-refractivity contribution in [3.63, 3.8) is 0 Å².